The summed E-state index contributed by atoms with van der Waals surface area (Å²) in [5.74, 6) is 0.191. The maximum atomic E-state index is 6.03. The molecular weight excluding hydrogens is 311 g/mol. The fraction of sp³-hybridized carbons (Fsp3) is 0.0769. The molecule has 2 N–H and O–H groups in total. The maximum absolute atomic E-state index is 6.03. The Morgan fingerprint density at radius 2 is 1.95 bits per heavy atom. The van der Waals surface area contributed by atoms with E-state index in [1.165, 1.54) is 0 Å². The maximum Gasteiger partial charge on any atom is 0.220 e. The van der Waals surface area contributed by atoms with E-state index < -0.39 is 0 Å². The SMILES string of the molecule is Cc1c(-c2ccnc(N)n2)nnn1-c1ccc(Cl)c(Cl)c1. The molecule has 0 spiro atoms. The van der Waals surface area contributed by atoms with Crippen molar-refractivity contribution in [3.63, 3.8) is 0 Å². The highest BCUT2D eigenvalue weighted by atomic mass is 35.5. The molecule has 2 heterocycles. The average molecular weight is 321 g/mol. The molecule has 6 nitrogen and oxygen atoms in total. The summed E-state index contributed by atoms with van der Waals surface area (Å²) >= 11 is 11.9. The molecular formula is C13H10Cl2N6. The van der Waals surface area contributed by atoms with Crippen LogP contribution in [0.1, 0.15) is 5.69 Å². The summed E-state index contributed by atoms with van der Waals surface area (Å²) in [4.78, 5) is 8.01. The van der Waals surface area contributed by atoms with Crippen LogP contribution in [0.3, 0.4) is 0 Å². The third-order valence-corrected chi connectivity index (χ3v) is 3.70. The number of nitrogens with two attached hydrogens (primary N) is 1. The van der Waals surface area contributed by atoms with Crippen molar-refractivity contribution >= 4 is 29.2 Å². The lowest BCUT2D eigenvalue weighted by molar-refractivity contribution is 0.785. The molecule has 3 aromatic rings. The van der Waals surface area contributed by atoms with Crippen molar-refractivity contribution in [3.05, 3.63) is 46.2 Å². The molecule has 2 aromatic heterocycles. The summed E-state index contributed by atoms with van der Waals surface area (Å²) in [5.41, 5.74) is 8.42. The predicted octanol–water partition coefficient (Wildman–Crippen LogP) is 2.92. The predicted molar refractivity (Wildman–Crippen MR) is 81.6 cm³/mol. The molecule has 106 valence electrons. The van der Waals surface area contributed by atoms with Crippen LogP contribution in [-0.2, 0) is 0 Å². The van der Waals surface area contributed by atoms with Crippen molar-refractivity contribution in [1.82, 2.24) is 25.0 Å². The van der Waals surface area contributed by atoms with Crippen LogP contribution < -0.4 is 5.73 Å². The van der Waals surface area contributed by atoms with Gasteiger partial charge < -0.3 is 5.73 Å². The Morgan fingerprint density at radius 3 is 2.67 bits per heavy atom. The number of hydrogen-bond donors (Lipinski definition) is 1. The highest BCUT2D eigenvalue weighted by Gasteiger charge is 2.14. The minimum Gasteiger partial charge on any atom is -0.368 e. The fourth-order valence-electron chi connectivity index (χ4n) is 1.93. The second kappa shape index (κ2) is 5.31. The first-order valence-electron chi connectivity index (χ1n) is 6.03. The quantitative estimate of drug-likeness (QED) is 0.785. The lowest BCUT2D eigenvalue weighted by Crippen LogP contribution is -2.00. The lowest BCUT2D eigenvalue weighted by Gasteiger charge is -2.05. The van der Waals surface area contributed by atoms with Gasteiger partial charge in [-0.05, 0) is 31.2 Å². The standard InChI is InChI=1S/C13H10Cl2N6/c1-7-12(11-4-5-17-13(16)18-11)19-20-21(7)8-2-3-9(14)10(15)6-8/h2-6H,1H3,(H2,16,17,18). The molecule has 0 amide bonds. The monoisotopic (exact) mass is 320 g/mol. The van der Waals surface area contributed by atoms with Crippen LogP contribution in [0.5, 0.6) is 0 Å². The zero-order chi connectivity index (χ0) is 15.0. The Bertz CT molecular complexity index is 814. The lowest BCUT2D eigenvalue weighted by atomic mass is 10.2. The Hall–Kier alpha value is -2.18. The third kappa shape index (κ3) is 2.55. The minimum atomic E-state index is 0.191. The van der Waals surface area contributed by atoms with Gasteiger partial charge in [0.2, 0.25) is 5.95 Å². The van der Waals surface area contributed by atoms with Crippen LogP contribution in [-0.4, -0.2) is 25.0 Å². The number of nitrogen functional groups attached to an aromatic ring is 1. The van der Waals surface area contributed by atoms with Gasteiger partial charge in [-0.25, -0.2) is 14.6 Å². The largest absolute Gasteiger partial charge is 0.368 e. The first kappa shape index (κ1) is 13.8. The molecule has 0 aliphatic rings. The Balaban J connectivity index is 2.09. The van der Waals surface area contributed by atoms with Crippen LogP contribution in [0.4, 0.5) is 5.95 Å². The second-order valence-electron chi connectivity index (χ2n) is 4.33. The van der Waals surface area contributed by atoms with Gasteiger partial charge in [0.15, 0.2) is 0 Å². The summed E-state index contributed by atoms with van der Waals surface area (Å²) in [6.45, 7) is 1.89. The molecule has 0 aliphatic heterocycles. The number of aromatic nitrogens is 5. The zero-order valence-corrected chi connectivity index (χ0v) is 12.5. The number of nitrogens with zero attached hydrogens (tertiary/aromatic N) is 5. The van der Waals surface area contributed by atoms with Gasteiger partial charge in [0, 0.05) is 6.20 Å². The molecule has 0 saturated heterocycles. The highest BCUT2D eigenvalue weighted by molar-refractivity contribution is 6.42. The van der Waals surface area contributed by atoms with E-state index in [0.29, 0.717) is 21.4 Å². The van der Waals surface area contributed by atoms with E-state index in [2.05, 4.69) is 20.3 Å². The minimum absolute atomic E-state index is 0.191. The summed E-state index contributed by atoms with van der Waals surface area (Å²) in [7, 11) is 0. The van der Waals surface area contributed by atoms with E-state index in [0.717, 1.165) is 11.4 Å². The molecule has 0 fully saturated rings. The Morgan fingerprint density at radius 1 is 1.14 bits per heavy atom. The van der Waals surface area contributed by atoms with Gasteiger partial charge in [0.05, 0.1) is 27.1 Å². The summed E-state index contributed by atoms with van der Waals surface area (Å²) in [5, 5.41) is 9.22. The fourth-order valence-corrected chi connectivity index (χ4v) is 2.23. The van der Waals surface area contributed by atoms with Crippen molar-refractivity contribution in [2.45, 2.75) is 6.92 Å². The molecule has 3 rings (SSSR count). The third-order valence-electron chi connectivity index (χ3n) is 2.96. The van der Waals surface area contributed by atoms with Crippen molar-refractivity contribution in [2.75, 3.05) is 5.73 Å². The molecule has 8 heteroatoms. The number of benzene rings is 1. The molecule has 1 aromatic carbocycles. The van der Waals surface area contributed by atoms with Crippen molar-refractivity contribution in [3.8, 4) is 17.1 Å². The molecule has 0 bridgehead atoms. The van der Waals surface area contributed by atoms with E-state index in [1.807, 2.05) is 13.0 Å². The average Bonchev–Trinajstić information content (AvgIpc) is 2.84. The van der Waals surface area contributed by atoms with E-state index in [9.17, 15) is 0 Å². The normalized spacial score (nSPS) is 10.8. The zero-order valence-electron chi connectivity index (χ0n) is 11.0. The van der Waals surface area contributed by atoms with Gasteiger partial charge in [-0.15, -0.1) is 5.10 Å². The van der Waals surface area contributed by atoms with Crippen LogP contribution in [0.25, 0.3) is 17.1 Å². The van der Waals surface area contributed by atoms with Crippen molar-refractivity contribution in [1.29, 1.82) is 0 Å². The van der Waals surface area contributed by atoms with Crippen LogP contribution in [0, 0.1) is 6.92 Å². The summed E-state index contributed by atoms with van der Waals surface area (Å²) in [6, 6.07) is 6.98. The Labute approximate surface area is 130 Å². The van der Waals surface area contributed by atoms with Gasteiger partial charge in [-0.3, -0.25) is 0 Å². The second-order valence-corrected chi connectivity index (χ2v) is 5.15. The van der Waals surface area contributed by atoms with E-state index in [4.69, 9.17) is 28.9 Å². The molecule has 0 saturated carbocycles. The van der Waals surface area contributed by atoms with Gasteiger partial charge in [-0.1, -0.05) is 28.4 Å². The summed E-state index contributed by atoms with van der Waals surface area (Å²) < 4.78 is 1.66. The number of hydrogen-bond acceptors (Lipinski definition) is 5. The van der Waals surface area contributed by atoms with Crippen molar-refractivity contribution < 1.29 is 0 Å². The van der Waals surface area contributed by atoms with Gasteiger partial charge in [0.25, 0.3) is 0 Å². The summed E-state index contributed by atoms with van der Waals surface area (Å²) in [6.07, 6.45) is 1.58. The smallest absolute Gasteiger partial charge is 0.220 e. The molecule has 0 unspecified atom stereocenters. The molecule has 0 aliphatic carbocycles. The van der Waals surface area contributed by atoms with E-state index >= 15 is 0 Å². The first-order chi connectivity index (χ1) is 10.1. The molecule has 0 atom stereocenters. The number of anilines is 1. The van der Waals surface area contributed by atoms with E-state index in [1.54, 1.807) is 29.1 Å². The van der Waals surface area contributed by atoms with Gasteiger partial charge in [0.1, 0.15) is 5.69 Å². The Kier molecular flexibility index (Phi) is 3.48. The van der Waals surface area contributed by atoms with Crippen molar-refractivity contribution in [2.24, 2.45) is 0 Å². The van der Waals surface area contributed by atoms with Crippen LogP contribution in [0.2, 0.25) is 10.0 Å². The highest BCUT2D eigenvalue weighted by Crippen LogP contribution is 2.26. The molecule has 21 heavy (non-hydrogen) atoms. The van der Waals surface area contributed by atoms with Crippen LogP contribution in [0.15, 0.2) is 30.5 Å². The molecule has 0 radical (unpaired) electrons. The number of halogens is 2. The van der Waals surface area contributed by atoms with Gasteiger partial charge in [-0.2, -0.15) is 0 Å². The van der Waals surface area contributed by atoms with E-state index in [-0.39, 0.29) is 5.95 Å². The first-order valence-corrected chi connectivity index (χ1v) is 6.78. The van der Waals surface area contributed by atoms with Crippen LogP contribution >= 0.6 is 23.2 Å². The topological polar surface area (TPSA) is 82.5 Å². The van der Waals surface area contributed by atoms with Gasteiger partial charge >= 0.3 is 0 Å². The number of rotatable bonds is 2.